The molecule has 0 radical (unpaired) electrons. The van der Waals surface area contributed by atoms with Crippen LogP contribution in [0.3, 0.4) is 0 Å². The van der Waals surface area contributed by atoms with Gasteiger partial charge in [0.15, 0.2) is 0 Å². The van der Waals surface area contributed by atoms with Crippen molar-refractivity contribution in [2.75, 3.05) is 13.1 Å². The maximum Gasteiger partial charge on any atom is 0.258 e. The summed E-state index contributed by atoms with van der Waals surface area (Å²) < 4.78 is 1.52. The highest BCUT2D eigenvalue weighted by atomic mass is 16.1. The van der Waals surface area contributed by atoms with Crippen LogP contribution in [0.5, 0.6) is 0 Å². The minimum atomic E-state index is -0.0600. The lowest BCUT2D eigenvalue weighted by Crippen LogP contribution is -2.24. The maximum atomic E-state index is 11.7. The second-order valence-corrected chi connectivity index (χ2v) is 3.48. The van der Waals surface area contributed by atoms with Crippen molar-refractivity contribution in [1.82, 2.24) is 14.7 Å². The van der Waals surface area contributed by atoms with Gasteiger partial charge in [-0.25, -0.2) is 4.98 Å². The summed E-state index contributed by atoms with van der Waals surface area (Å²) in [6.07, 6.45) is 1.71. The van der Waals surface area contributed by atoms with Crippen molar-refractivity contribution in [1.29, 1.82) is 0 Å². The highest BCUT2D eigenvalue weighted by molar-refractivity contribution is 5.37. The van der Waals surface area contributed by atoms with Crippen molar-refractivity contribution in [3.8, 4) is 0 Å². The molecule has 16 heavy (non-hydrogen) atoms. The van der Waals surface area contributed by atoms with Crippen LogP contribution in [0.2, 0.25) is 0 Å². The highest BCUT2D eigenvalue weighted by Gasteiger charge is 2.00. The molecule has 0 spiro atoms. The van der Waals surface area contributed by atoms with Crippen LogP contribution in [-0.4, -0.2) is 22.5 Å². The van der Waals surface area contributed by atoms with Crippen LogP contribution in [-0.2, 0) is 6.54 Å². The first-order valence-electron chi connectivity index (χ1n) is 5.19. The molecule has 84 valence electrons. The van der Waals surface area contributed by atoms with Crippen molar-refractivity contribution in [2.24, 2.45) is 5.73 Å². The zero-order valence-corrected chi connectivity index (χ0v) is 8.89. The third kappa shape index (κ3) is 2.26. The first kappa shape index (κ1) is 10.8. The zero-order chi connectivity index (χ0) is 11.4. The van der Waals surface area contributed by atoms with E-state index in [1.165, 1.54) is 10.5 Å². The normalized spacial score (nSPS) is 10.8. The van der Waals surface area contributed by atoms with Gasteiger partial charge < -0.3 is 11.1 Å². The Morgan fingerprint density at radius 1 is 1.44 bits per heavy atom. The van der Waals surface area contributed by atoms with Crippen molar-refractivity contribution in [3.05, 3.63) is 46.5 Å². The molecule has 0 aliphatic carbocycles. The third-order valence-electron chi connectivity index (χ3n) is 2.25. The molecule has 0 unspecified atom stereocenters. The number of nitrogens with one attached hydrogen (secondary N) is 1. The molecule has 0 amide bonds. The number of hydrogen-bond acceptors (Lipinski definition) is 4. The van der Waals surface area contributed by atoms with Crippen LogP contribution in [0.25, 0.3) is 5.65 Å². The minimum absolute atomic E-state index is 0.0600. The van der Waals surface area contributed by atoms with E-state index in [0.29, 0.717) is 18.7 Å². The van der Waals surface area contributed by atoms with Gasteiger partial charge in [-0.2, -0.15) is 0 Å². The Bertz CT molecular complexity index is 535. The van der Waals surface area contributed by atoms with Gasteiger partial charge in [0.25, 0.3) is 5.56 Å². The molecular weight excluding hydrogens is 204 g/mol. The number of rotatable bonds is 4. The molecule has 0 atom stereocenters. The van der Waals surface area contributed by atoms with Crippen molar-refractivity contribution >= 4 is 5.65 Å². The molecule has 0 saturated heterocycles. The van der Waals surface area contributed by atoms with Gasteiger partial charge in [0.1, 0.15) is 5.65 Å². The zero-order valence-electron chi connectivity index (χ0n) is 8.89. The van der Waals surface area contributed by atoms with Gasteiger partial charge in [-0.15, -0.1) is 0 Å². The Kier molecular flexibility index (Phi) is 3.28. The lowest BCUT2D eigenvalue weighted by molar-refractivity contribution is 0.681. The molecular formula is C11H14N4O. The topological polar surface area (TPSA) is 72.4 Å². The molecule has 0 aliphatic rings. The fourth-order valence-electron chi connectivity index (χ4n) is 1.51. The van der Waals surface area contributed by atoms with Crippen LogP contribution < -0.4 is 16.6 Å². The predicted octanol–water partition coefficient (Wildman–Crippen LogP) is -0.257. The molecule has 2 aromatic heterocycles. The number of pyridine rings is 1. The summed E-state index contributed by atoms with van der Waals surface area (Å²) in [5.41, 5.74) is 6.71. The van der Waals surface area contributed by atoms with Gasteiger partial charge >= 0.3 is 0 Å². The lowest BCUT2D eigenvalue weighted by Gasteiger charge is -2.04. The van der Waals surface area contributed by atoms with Gasteiger partial charge in [-0.05, 0) is 12.1 Å². The molecule has 5 heteroatoms. The summed E-state index contributed by atoms with van der Waals surface area (Å²) in [6, 6.07) is 7.02. The largest absolute Gasteiger partial charge is 0.329 e. The number of nitrogens with zero attached hydrogens (tertiary/aromatic N) is 2. The lowest BCUT2D eigenvalue weighted by atomic mass is 10.3. The third-order valence-corrected chi connectivity index (χ3v) is 2.25. The van der Waals surface area contributed by atoms with Crippen LogP contribution in [0.4, 0.5) is 0 Å². The van der Waals surface area contributed by atoms with E-state index < -0.39 is 0 Å². The van der Waals surface area contributed by atoms with E-state index in [9.17, 15) is 4.79 Å². The quantitative estimate of drug-likeness (QED) is 0.694. The molecule has 0 aromatic carbocycles. The number of hydrogen-bond donors (Lipinski definition) is 2. The molecule has 5 nitrogen and oxygen atoms in total. The molecule has 0 bridgehead atoms. The summed E-state index contributed by atoms with van der Waals surface area (Å²) in [6.45, 7) is 1.86. The van der Waals surface area contributed by atoms with Gasteiger partial charge in [0.05, 0.1) is 5.69 Å². The molecule has 3 N–H and O–H groups in total. The Morgan fingerprint density at radius 3 is 3.12 bits per heavy atom. The van der Waals surface area contributed by atoms with E-state index in [2.05, 4.69) is 10.3 Å². The molecule has 2 rings (SSSR count). The smallest absolute Gasteiger partial charge is 0.258 e. The number of aromatic nitrogens is 2. The molecule has 0 saturated carbocycles. The van der Waals surface area contributed by atoms with Crippen LogP contribution in [0.1, 0.15) is 5.69 Å². The molecule has 0 aliphatic heterocycles. The average Bonchev–Trinajstić information content (AvgIpc) is 2.30. The SMILES string of the molecule is NCCNCc1cc(=O)n2ccccc2n1. The Balaban J connectivity index is 2.31. The number of nitrogens with two attached hydrogens (primary N) is 1. The van der Waals surface area contributed by atoms with E-state index in [0.717, 1.165) is 12.2 Å². The van der Waals surface area contributed by atoms with E-state index >= 15 is 0 Å². The monoisotopic (exact) mass is 218 g/mol. The summed E-state index contributed by atoms with van der Waals surface area (Å²) >= 11 is 0. The first-order valence-corrected chi connectivity index (χ1v) is 5.19. The van der Waals surface area contributed by atoms with E-state index in [1.807, 2.05) is 18.2 Å². The maximum absolute atomic E-state index is 11.7. The van der Waals surface area contributed by atoms with Crippen molar-refractivity contribution in [2.45, 2.75) is 6.54 Å². The summed E-state index contributed by atoms with van der Waals surface area (Å²) in [5.74, 6) is 0. The van der Waals surface area contributed by atoms with Crippen LogP contribution >= 0.6 is 0 Å². The van der Waals surface area contributed by atoms with E-state index in [4.69, 9.17) is 5.73 Å². The second kappa shape index (κ2) is 4.87. The Morgan fingerprint density at radius 2 is 2.31 bits per heavy atom. The Labute approximate surface area is 92.9 Å². The standard InChI is InChI=1S/C11H14N4O/c12-4-5-13-8-9-7-11(16)15-6-2-1-3-10(15)14-9/h1-3,6-7,13H,4-5,8,12H2. The summed E-state index contributed by atoms with van der Waals surface area (Å²) in [5, 5.41) is 3.11. The van der Waals surface area contributed by atoms with Crippen molar-refractivity contribution < 1.29 is 0 Å². The first-order chi connectivity index (χ1) is 7.81. The number of fused-ring (bicyclic) bond motifs is 1. The average molecular weight is 218 g/mol. The molecule has 2 aromatic rings. The fourth-order valence-corrected chi connectivity index (χ4v) is 1.51. The van der Waals surface area contributed by atoms with Gasteiger partial charge in [-0.3, -0.25) is 9.20 Å². The van der Waals surface area contributed by atoms with E-state index in [1.54, 1.807) is 6.20 Å². The summed E-state index contributed by atoms with van der Waals surface area (Å²) in [7, 11) is 0. The summed E-state index contributed by atoms with van der Waals surface area (Å²) in [4.78, 5) is 16.1. The van der Waals surface area contributed by atoms with E-state index in [-0.39, 0.29) is 5.56 Å². The molecule has 2 heterocycles. The fraction of sp³-hybridized carbons (Fsp3) is 0.273. The van der Waals surface area contributed by atoms with Gasteiger partial charge in [-0.1, -0.05) is 6.07 Å². The molecule has 0 fully saturated rings. The second-order valence-electron chi connectivity index (χ2n) is 3.48. The van der Waals surface area contributed by atoms with Crippen molar-refractivity contribution in [3.63, 3.8) is 0 Å². The minimum Gasteiger partial charge on any atom is -0.329 e. The highest BCUT2D eigenvalue weighted by Crippen LogP contribution is 1.97. The van der Waals surface area contributed by atoms with Crippen LogP contribution in [0, 0.1) is 0 Å². The van der Waals surface area contributed by atoms with Crippen LogP contribution in [0.15, 0.2) is 35.3 Å². The van der Waals surface area contributed by atoms with Gasteiger partial charge in [0.2, 0.25) is 0 Å². The Hall–Kier alpha value is -1.72. The predicted molar refractivity (Wildman–Crippen MR) is 62.2 cm³/mol. The van der Waals surface area contributed by atoms with Gasteiger partial charge in [0, 0.05) is 31.9 Å².